The van der Waals surface area contributed by atoms with Crippen molar-refractivity contribution in [1.82, 2.24) is 4.90 Å². The number of hydrogen-bond acceptors (Lipinski definition) is 5. The lowest BCUT2D eigenvalue weighted by molar-refractivity contribution is 0.0178. The first-order valence-electron chi connectivity index (χ1n) is 5.76. The molecule has 94 valence electrons. The Morgan fingerprint density at radius 2 is 1.94 bits per heavy atom. The molecule has 0 amide bonds. The maximum absolute atomic E-state index is 9.51. The normalized spacial score (nSPS) is 19.1. The highest BCUT2D eigenvalue weighted by Gasteiger charge is 2.21. The third-order valence-corrected chi connectivity index (χ3v) is 3.09. The fourth-order valence-electron chi connectivity index (χ4n) is 2.13. The molecule has 1 aromatic rings. The van der Waals surface area contributed by atoms with Crippen molar-refractivity contribution in [2.24, 2.45) is 5.73 Å². The largest absolute Gasteiger partial charge is 0.504 e. The van der Waals surface area contributed by atoms with Crippen LogP contribution in [-0.2, 0) is 4.74 Å². The van der Waals surface area contributed by atoms with Gasteiger partial charge in [0.25, 0.3) is 0 Å². The smallest absolute Gasteiger partial charge is 0.157 e. The van der Waals surface area contributed by atoms with Crippen LogP contribution in [0.1, 0.15) is 11.6 Å². The molecular formula is C12H18N2O3. The van der Waals surface area contributed by atoms with Crippen LogP contribution >= 0.6 is 0 Å². The molecule has 4 N–H and O–H groups in total. The van der Waals surface area contributed by atoms with E-state index in [2.05, 4.69) is 4.90 Å². The van der Waals surface area contributed by atoms with Crippen molar-refractivity contribution in [3.05, 3.63) is 23.8 Å². The Kier molecular flexibility index (Phi) is 3.83. The summed E-state index contributed by atoms with van der Waals surface area (Å²) in [6.45, 7) is 3.57. The zero-order chi connectivity index (χ0) is 12.3. The fourth-order valence-corrected chi connectivity index (χ4v) is 2.13. The van der Waals surface area contributed by atoms with Crippen molar-refractivity contribution in [3.8, 4) is 11.5 Å². The first-order valence-corrected chi connectivity index (χ1v) is 5.76. The van der Waals surface area contributed by atoms with Gasteiger partial charge >= 0.3 is 0 Å². The molecule has 1 aliphatic rings. The van der Waals surface area contributed by atoms with E-state index in [1.807, 2.05) is 0 Å². The number of hydrogen-bond donors (Lipinski definition) is 3. The van der Waals surface area contributed by atoms with Crippen molar-refractivity contribution < 1.29 is 14.9 Å². The zero-order valence-corrected chi connectivity index (χ0v) is 9.67. The lowest BCUT2D eigenvalue weighted by Crippen LogP contribution is -2.41. The van der Waals surface area contributed by atoms with Gasteiger partial charge in [0.2, 0.25) is 0 Å². The van der Waals surface area contributed by atoms with Gasteiger partial charge in [0.1, 0.15) is 0 Å². The predicted octanol–water partition coefficient (Wildman–Crippen LogP) is 0.430. The maximum atomic E-state index is 9.51. The molecule has 5 heteroatoms. The average molecular weight is 238 g/mol. The molecule has 0 saturated carbocycles. The Hall–Kier alpha value is -1.30. The highest BCUT2D eigenvalue weighted by molar-refractivity contribution is 5.41. The van der Waals surface area contributed by atoms with Crippen molar-refractivity contribution in [2.75, 3.05) is 32.8 Å². The second kappa shape index (κ2) is 5.35. The summed E-state index contributed by atoms with van der Waals surface area (Å²) < 4.78 is 5.30. The number of ether oxygens (including phenoxy) is 1. The molecule has 1 aliphatic heterocycles. The molecule has 2 rings (SSSR count). The van der Waals surface area contributed by atoms with Crippen LogP contribution < -0.4 is 5.73 Å². The summed E-state index contributed by atoms with van der Waals surface area (Å²) in [5.74, 6) is -0.208. The zero-order valence-electron chi connectivity index (χ0n) is 9.67. The Morgan fingerprint density at radius 3 is 2.53 bits per heavy atom. The van der Waals surface area contributed by atoms with Crippen LogP contribution in [-0.4, -0.2) is 48.0 Å². The van der Waals surface area contributed by atoms with Gasteiger partial charge in [-0.2, -0.15) is 0 Å². The summed E-state index contributed by atoms with van der Waals surface area (Å²) in [6.07, 6.45) is 0. The van der Waals surface area contributed by atoms with E-state index in [0.717, 1.165) is 18.7 Å². The summed E-state index contributed by atoms with van der Waals surface area (Å²) in [7, 11) is 0. The van der Waals surface area contributed by atoms with Crippen LogP contribution in [0.4, 0.5) is 0 Å². The number of benzene rings is 1. The Labute approximate surface area is 100 Å². The predicted molar refractivity (Wildman–Crippen MR) is 64.0 cm³/mol. The van der Waals surface area contributed by atoms with Crippen LogP contribution in [0.3, 0.4) is 0 Å². The van der Waals surface area contributed by atoms with Crippen molar-refractivity contribution in [1.29, 1.82) is 0 Å². The number of phenols is 2. The van der Waals surface area contributed by atoms with Crippen LogP contribution in [0.25, 0.3) is 0 Å². The molecule has 0 aromatic heterocycles. The molecule has 1 aromatic carbocycles. The van der Waals surface area contributed by atoms with Crippen LogP contribution in [0.15, 0.2) is 18.2 Å². The standard InChI is InChI=1S/C12H18N2O3/c13-8-10(14-3-5-17-6-4-14)9-1-2-11(15)12(16)7-9/h1-2,7,10,15-16H,3-6,8,13H2. The first kappa shape index (κ1) is 12.2. The monoisotopic (exact) mass is 238 g/mol. The highest BCUT2D eigenvalue weighted by Crippen LogP contribution is 2.30. The second-order valence-corrected chi connectivity index (χ2v) is 4.15. The SMILES string of the molecule is NCC(c1ccc(O)c(O)c1)N1CCOCC1. The van der Waals surface area contributed by atoms with E-state index in [4.69, 9.17) is 10.5 Å². The molecule has 5 nitrogen and oxygen atoms in total. The van der Waals surface area contributed by atoms with Gasteiger partial charge < -0.3 is 20.7 Å². The topological polar surface area (TPSA) is 79.0 Å². The lowest BCUT2D eigenvalue weighted by Gasteiger charge is -2.34. The van der Waals surface area contributed by atoms with E-state index in [9.17, 15) is 10.2 Å². The van der Waals surface area contributed by atoms with Gasteiger partial charge in [-0.05, 0) is 17.7 Å². The van der Waals surface area contributed by atoms with Gasteiger partial charge in [-0.15, -0.1) is 0 Å². The summed E-state index contributed by atoms with van der Waals surface area (Å²) in [5.41, 5.74) is 6.72. The van der Waals surface area contributed by atoms with Gasteiger partial charge in [-0.3, -0.25) is 4.90 Å². The third-order valence-electron chi connectivity index (χ3n) is 3.09. The number of rotatable bonds is 3. The van der Waals surface area contributed by atoms with E-state index in [1.54, 1.807) is 12.1 Å². The molecule has 0 aliphatic carbocycles. The molecule has 17 heavy (non-hydrogen) atoms. The summed E-state index contributed by atoms with van der Waals surface area (Å²) in [6, 6.07) is 4.92. The second-order valence-electron chi connectivity index (χ2n) is 4.15. The minimum atomic E-state index is -0.105. The van der Waals surface area contributed by atoms with Crippen LogP contribution in [0, 0.1) is 0 Å². The number of phenolic OH excluding ortho intramolecular Hbond substituents is 2. The minimum absolute atomic E-state index is 0.0606. The maximum Gasteiger partial charge on any atom is 0.157 e. The first-order chi connectivity index (χ1) is 8.22. The number of morpholine rings is 1. The third kappa shape index (κ3) is 2.69. The Bertz CT molecular complexity index is 378. The van der Waals surface area contributed by atoms with Gasteiger partial charge in [-0.1, -0.05) is 6.07 Å². The van der Waals surface area contributed by atoms with Gasteiger partial charge in [0, 0.05) is 25.7 Å². The van der Waals surface area contributed by atoms with Gasteiger partial charge in [0.15, 0.2) is 11.5 Å². The van der Waals surface area contributed by atoms with E-state index in [0.29, 0.717) is 19.8 Å². The molecule has 1 heterocycles. The number of nitrogens with two attached hydrogens (primary N) is 1. The fraction of sp³-hybridized carbons (Fsp3) is 0.500. The van der Waals surface area contributed by atoms with E-state index >= 15 is 0 Å². The van der Waals surface area contributed by atoms with Crippen LogP contribution in [0.2, 0.25) is 0 Å². The van der Waals surface area contributed by atoms with Gasteiger partial charge in [-0.25, -0.2) is 0 Å². The highest BCUT2D eigenvalue weighted by atomic mass is 16.5. The molecule has 0 spiro atoms. The number of aromatic hydroxyl groups is 2. The minimum Gasteiger partial charge on any atom is -0.504 e. The van der Waals surface area contributed by atoms with Crippen molar-refractivity contribution in [2.45, 2.75) is 6.04 Å². The Balaban J connectivity index is 2.18. The molecule has 1 atom stereocenters. The molecular weight excluding hydrogens is 220 g/mol. The molecule has 1 saturated heterocycles. The van der Waals surface area contributed by atoms with E-state index in [-0.39, 0.29) is 17.5 Å². The Morgan fingerprint density at radius 1 is 1.24 bits per heavy atom. The van der Waals surface area contributed by atoms with E-state index < -0.39 is 0 Å². The van der Waals surface area contributed by atoms with Crippen LogP contribution in [0.5, 0.6) is 11.5 Å². The van der Waals surface area contributed by atoms with Crippen molar-refractivity contribution in [3.63, 3.8) is 0 Å². The van der Waals surface area contributed by atoms with E-state index in [1.165, 1.54) is 6.07 Å². The van der Waals surface area contributed by atoms with Crippen molar-refractivity contribution >= 4 is 0 Å². The summed E-state index contributed by atoms with van der Waals surface area (Å²) in [4.78, 5) is 2.23. The molecule has 0 radical (unpaired) electrons. The molecule has 0 bridgehead atoms. The quantitative estimate of drug-likeness (QED) is 0.665. The molecule has 1 unspecified atom stereocenters. The summed E-state index contributed by atoms with van der Waals surface area (Å²) >= 11 is 0. The number of nitrogens with zero attached hydrogens (tertiary/aromatic N) is 1. The lowest BCUT2D eigenvalue weighted by atomic mass is 10.0. The van der Waals surface area contributed by atoms with Gasteiger partial charge in [0.05, 0.1) is 13.2 Å². The molecule has 1 fully saturated rings. The summed E-state index contributed by atoms with van der Waals surface area (Å²) in [5, 5.41) is 18.8. The average Bonchev–Trinajstić information content (AvgIpc) is 2.36.